The average Bonchev–Trinajstić information content (AvgIpc) is 3.32. The maximum absolute atomic E-state index is 13.6. The maximum atomic E-state index is 13.6. The van der Waals surface area contributed by atoms with Crippen molar-refractivity contribution in [3.05, 3.63) is 64.7 Å². The molecule has 0 bridgehead atoms. The molecule has 0 aromatic heterocycles. The van der Waals surface area contributed by atoms with Gasteiger partial charge in [0.2, 0.25) is 0 Å². The quantitative estimate of drug-likeness (QED) is 0.503. The SMILES string of the molecule is CCOC(=O)C1CCN(CC(=O)N2N=C(c3cc(C)ccc3C)C[C@@H]2c2ccc(OCC)cc2)CC1. The predicted octanol–water partition coefficient (Wildman–Crippen LogP) is 4.65. The standard InChI is InChI=1S/C29H37N3O4/c1-5-35-24-11-9-22(10-12-24)27-18-26(25-17-20(3)7-8-21(25)4)30-32(27)28(33)19-31-15-13-23(14-16-31)29(34)36-6-2/h7-12,17,23,27H,5-6,13-16,18-19H2,1-4H3/t27-/m1/s1. The van der Waals surface area contributed by atoms with Gasteiger partial charge in [-0.2, -0.15) is 5.10 Å². The number of nitrogens with zero attached hydrogens (tertiary/aromatic N) is 3. The molecule has 0 spiro atoms. The third kappa shape index (κ3) is 5.95. The molecule has 7 heteroatoms. The van der Waals surface area contributed by atoms with Crippen LogP contribution >= 0.6 is 0 Å². The Morgan fingerprint density at radius 2 is 1.72 bits per heavy atom. The number of piperidine rings is 1. The van der Waals surface area contributed by atoms with E-state index in [4.69, 9.17) is 14.6 Å². The zero-order valence-electron chi connectivity index (χ0n) is 21.8. The highest BCUT2D eigenvalue weighted by molar-refractivity contribution is 6.04. The second-order valence-electron chi connectivity index (χ2n) is 9.63. The van der Waals surface area contributed by atoms with Gasteiger partial charge in [0.05, 0.1) is 37.4 Å². The van der Waals surface area contributed by atoms with Gasteiger partial charge in [0.15, 0.2) is 0 Å². The summed E-state index contributed by atoms with van der Waals surface area (Å²) in [6.45, 7) is 10.6. The highest BCUT2D eigenvalue weighted by Crippen LogP contribution is 2.35. The Morgan fingerprint density at radius 3 is 2.39 bits per heavy atom. The number of carbonyl (C=O) groups is 2. The lowest BCUT2D eigenvalue weighted by atomic mass is 9.95. The van der Waals surface area contributed by atoms with E-state index in [2.05, 4.69) is 36.9 Å². The summed E-state index contributed by atoms with van der Waals surface area (Å²) in [7, 11) is 0. The van der Waals surface area contributed by atoms with Crippen LogP contribution in [0.25, 0.3) is 0 Å². The number of esters is 1. The van der Waals surface area contributed by atoms with Gasteiger partial charge in [0.25, 0.3) is 5.91 Å². The molecule has 2 aromatic rings. The van der Waals surface area contributed by atoms with Crippen LogP contribution in [0.15, 0.2) is 47.6 Å². The van der Waals surface area contributed by atoms with Gasteiger partial charge in [-0.15, -0.1) is 0 Å². The fourth-order valence-electron chi connectivity index (χ4n) is 5.01. The summed E-state index contributed by atoms with van der Waals surface area (Å²) in [6, 6.07) is 14.2. The van der Waals surface area contributed by atoms with Crippen LogP contribution in [0.2, 0.25) is 0 Å². The molecule has 1 amide bonds. The van der Waals surface area contributed by atoms with Crippen molar-refractivity contribution in [3.63, 3.8) is 0 Å². The molecule has 0 radical (unpaired) electrons. The zero-order chi connectivity index (χ0) is 25.7. The van der Waals surface area contributed by atoms with E-state index in [1.165, 1.54) is 5.56 Å². The minimum absolute atomic E-state index is 0.0243. The van der Waals surface area contributed by atoms with E-state index in [1.54, 1.807) is 5.01 Å². The first kappa shape index (κ1) is 25.9. The van der Waals surface area contributed by atoms with Crippen LogP contribution in [0.1, 0.15) is 61.4 Å². The molecule has 0 aliphatic carbocycles. The highest BCUT2D eigenvalue weighted by Gasteiger charge is 2.35. The van der Waals surface area contributed by atoms with Crippen molar-refractivity contribution < 1.29 is 19.1 Å². The number of ether oxygens (including phenoxy) is 2. The predicted molar refractivity (Wildman–Crippen MR) is 140 cm³/mol. The van der Waals surface area contributed by atoms with E-state index in [1.807, 2.05) is 38.1 Å². The number of rotatable bonds is 8. The lowest BCUT2D eigenvalue weighted by molar-refractivity contribution is -0.149. The Bertz CT molecular complexity index is 1100. The summed E-state index contributed by atoms with van der Waals surface area (Å²) in [6.07, 6.45) is 2.09. The van der Waals surface area contributed by atoms with Crippen LogP contribution in [0.3, 0.4) is 0 Å². The Kier molecular flexibility index (Phi) is 8.41. The smallest absolute Gasteiger partial charge is 0.309 e. The van der Waals surface area contributed by atoms with Crippen molar-refractivity contribution in [1.82, 2.24) is 9.91 Å². The number of hydrogen-bond donors (Lipinski definition) is 0. The van der Waals surface area contributed by atoms with Crippen LogP contribution in [0.4, 0.5) is 0 Å². The van der Waals surface area contributed by atoms with Gasteiger partial charge < -0.3 is 9.47 Å². The molecular formula is C29H37N3O4. The Hall–Kier alpha value is -3.19. The normalized spacial score (nSPS) is 18.7. The summed E-state index contributed by atoms with van der Waals surface area (Å²) in [5, 5.41) is 6.55. The summed E-state index contributed by atoms with van der Waals surface area (Å²) < 4.78 is 10.8. The Balaban J connectivity index is 1.52. The number of amides is 1. The molecule has 0 saturated carbocycles. The van der Waals surface area contributed by atoms with Gasteiger partial charge >= 0.3 is 5.97 Å². The first-order valence-electron chi connectivity index (χ1n) is 13.0. The van der Waals surface area contributed by atoms with Crippen molar-refractivity contribution in [3.8, 4) is 5.75 Å². The molecule has 192 valence electrons. The number of hydrazone groups is 1. The van der Waals surface area contributed by atoms with Gasteiger partial charge in [-0.05, 0) is 83.0 Å². The van der Waals surface area contributed by atoms with Gasteiger partial charge in [-0.3, -0.25) is 14.5 Å². The van der Waals surface area contributed by atoms with Crippen molar-refractivity contribution in [2.45, 2.75) is 53.0 Å². The van der Waals surface area contributed by atoms with E-state index in [9.17, 15) is 9.59 Å². The fourth-order valence-corrected chi connectivity index (χ4v) is 5.01. The minimum atomic E-state index is -0.167. The van der Waals surface area contributed by atoms with Crippen molar-refractivity contribution in [2.24, 2.45) is 11.0 Å². The molecule has 0 N–H and O–H groups in total. The first-order valence-corrected chi connectivity index (χ1v) is 13.0. The highest BCUT2D eigenvalue weighted by atomic mass is 16.5. The van der Waals surface area contributed by atoms with Gasteiger partial charge in [-0.1, -0.05) is 29.8 Å². The lowest BCUT2D eigenvalue weighted by Gasteiger charge is -2.32. The van der Waals surface area contributed by atoms with Gasteiger partial charge in [-0.25, -0.2) is 5.01 Å². The fraction of sp³-hybridized carbons (Fsp3) is 0.483. The van der Waals surface area contributed by atoms with Crippen LogP contribution < -0.4 is 4.74 Å². The molecule has 1 saturated heterocycles. The van der Waals surface area contributed by atoms with E-state index >= 15 is 0 Å². The molecule has 36 heavy (non-hydrogen) atoms. The number of likely N-dealkylation sites (tertiary alicyclic amines) is 1. The number of benzene rings is 2. The van der Waals surface area contributed by atoms with Crippen LogP contribution in [-0.4, -0.2) is 60.3 Å². The van der Waals surface area contributed by atoms with E-state index in [0.717, 1.165) is 28.2 Å². The molecule has 2 heterocycles. The van der Waals surface area contributed by atoms with Crippen molar-refractivity contribution in [1.29, 1.82) is 0 Å². The molecule has 2 aromatic carbocycles. The Labute approximate surface area is 214 Å². The second kappa shape index (κ2) is 11.7. The molecule has 2 aliphatic rings. The van der Waals surface area contributed by atoms with E-state index in [-0.39, 0.29) is 30.4 Å². The summed E-state index contributed by atoms with van der Waals surface area (Å²) >= 11 is 0. The third-order valence-electron chi connectivity index (χ3n) is 7.01. The van der Waals surface area contributed by atoms with Crippen LogP contribution in [0, 0.1) is 19.8 Å². The van der Waals surface area contributed by atoms with Crippen LogP contribution in [-0.2, 0) is 14.3 Å². The maximum Gasteiger partial charge on any atom is 0.309 e. The van der Waals surface area contributed by atoms with Crippen molar-refractivity contribution in [2.75, 3.05) is 32.8 Å². The van der Waals surface area contributed by atoms with E-state index < -0.39 is 0 Å². The summed E-state index contributed by atoms with van der Waals surface area (Å²) in [5.41, 5.74) is 5.39. The lowest BCUT2D eigenvalue weighted by Crippen LogP contribution is -2.43. The summed E-state index contributed by atoms with van der Waals surface area (Å²) in [4.78, 5) is 27.8. The minimum Gasteiger partial charge on any atom is -0.494 e. The topological polar surface area (TPSA) is 71.4 Å². The largest absolute Gasteiger partial charge is 0.494 e. The summed E-state index contributed by atoms with van der Waals surface area (Å²) in [5.74, 6) is 0.594. The molecule has 1 fully saturated rings. The zero-order valence-corrected chi connectivity index (χ0v) is 21.8. The number of carbonyl (C=O) groups excluding carboxylic acids is 2. The van der Waals surface area contributed by atoms with E-state index in [0.29, 0.717) is 45.6 Å². The molecule has 1 atom stereocenters. The monoisotopic (exact) mass is 491 g/mol. The van der Waals surface area contributed by atoms with Crippen molar-refractivity contribution >= 4 is 17.6 Å². The average molecular weight is 492 g/mol. The Morgan fingerprint density at radius 1 is 1.00 bits per heavy atom. The molecule has 0 unspecified atom stereocenters. The van der Waals surface area contributed by atoms with Gasteiger partial charge in [0, 0.05) is 12.0 Å². The number of hydrogen-bond acceptors (Lipinski definition) is 6. The molecule has 2 aliphatic heterocycles. The molecular weight excluding hydrogens is 454 g/mol. The third-order valence-corrected chi connectivity index (χ3v) is 7.01. The molecule has 7 nitrogen and oxygen atoms in total. The van der Waals surface area contributed by atoms with Crippen LogP contribution in [0.5, 0.6) is 5.75 Å². The molecule has 4 rings (SSSR count). The van der Waals surface area contributed by atoms with Gasteiger partial charge in [0.1, 0.15) is 5.75 Å². The second-order valence-corrected chi connectivity index (χ2v) is 9.63. The number of aryl methyl sites for hydroxylation is 2. The first-order chi connectivity index (χ1) is 17.4.